The summed E-state index contributed by atoms with van der Waals surface area (Å²) in [5.41, 5.74) is 0.897. The van der Waals surface area contributed by atoms with Crippen LogP contribution in [0.15, 0.2) is 34.7 Å². The van der Waals surface area contributed by atoms with Gasteiger partial charge in [0.15, 0.2) is 0 Å². The molecule has 1 aromatic carbocycles. The Hall–Kier alpha value is -1.81. The molecule has 1 fully saturated rings. The molecule has 1 N–H and O–H groups in total. The summed E-state index contributed by atoms with van der Waals surface area (Å²) in [6, 6.07) is 8.94. The molecule has 22 heavy (non-hydrogen) atoms. The van der Waals surface area contributed by atoms with Crippen LogP contribution < -0.4 is 10.1 Å². The number of benzene rings is 1. The van der Waals surface area contributed by atoms with Crippen molar-refractivity contribution in [3.8, 4) is 5.75 Å². The summed E-state index contributed by atoms with van der Waals surface area (Å²) in [6.45, 7) is 3.56. The molecule has 3 unspecified atom stereocenters. The summed E-state index contributed by atoms with van der Waals surface area (Å²) >= 11 is 0. The number of hydrogen-bond acceptors (Lipinski definition) is 3. The molecule has 1 aromatic heterocycles. The van der Waals surface area contributed by atoms with Gasteiger partial charge in [0.2, 0.25) is 0 Å². The maximum absolute atomic E-state index is 13.5. The molecule has 0 bridgehead atoms. The minimum atomic E-state index is -0.223. The van der Waals surface area contributed by atoms with Gasteiger partial charge < -0.3 is 14.5 Å². The molecule has 2 aromatic rings. The summed E-state index contributed by atoms with van der Waals surface area (Å²) in [4.78, 5) is 0. The fourth-order valence-corrected chi connectivity index (χ4v) is 3.21. The summed E-state index contributed by atoms with van der Waals surface area (Å²) in [5.74, 6) is 3.95. The van der Waals surface area contributed by atoms with Crippen LogP contribution in [-0.4, -0.2) is 6.61 Å². The van der Waals surface area contributed by atoms with E-state index >= 15 is 0 Å². The molecule has 2 aliphatic rings. The van der Waals surface area contributed by atoms with Gasteiger partial charge in [0.05, 0.1) is 13.2 Å². The van der Waals surface area contributed by atoms with Crippen LogP contribution in [0, 0.1) is 11.7 Å². The van der Waals surface area contributed by atoms with Crippen molar-refractivity contribution in [3.63, 3.8) is 0 Å². The van der Waals surface area contributed by atoms with Gasteiger partial charge in [-0.1, -0.05) is 6.92 Å². The van der Waals surface area contributed by atoms with Crippen LogP contribution in [0.2, 0.25) is 0 Å². The highest BCUT2D eigenvalue weighted by Gasteiger charge is 2.36. The third-order valence-electron chi connectivity index (χ3n) is 4.69. The van der Waals surface area contributed by atoms with Gasteiger partial charge in [-0.05, 0) is 42.7 Å². The SMILES string of the molecule is CC1CC1c1ccc(CNC2CCOc3ccc(F)cc32)o1. The highest BCUT2D eigenvalue weighted by atomic mass is 19.1. The lowest BCUT2D eigenvalue weighted by atomic mass is 10.0. The molecule has 1 aliphatic carbocycles. The molecule has 0 saturated heterocycles. The number of furan rings is 1. The molecule has 0 spiro atoms. The van der Waals surface area contributed by atoms with Gasteiger partial charge in [-0.2, -0.15) is 0 Å². The van der Waals surface area contributed by atoms with Crippen molar-refractivity contribution >= 4 is 0 Å². The highest BCUT2D eigenvalue weighted by molar-refractivity contribution is 5.38. The Labute approximate surface area is 129 Å². The third-order valence-corrected chi connectivity index (χ3v) is 4.69. The van der Waals surface area contributed by atoms with Crippen LogP contribution in [-0.2, 0) is 6.54 Å². The molecule has 0 amide bonds. The fourth-order valence-electron chi connectivity index (χ4n) is 3.21. The number of rotatable bonds is 4. The molecule has 4 heteroatoms. The van der Waals surface area contributed by atoms with Gasteiger partial charge in [0.1, 0.15) is 23.1 Å². The minimum Gasteiger partial charge on any atom is -0.493 e. The zero-order chi connectivity index (χ0) is 15.1. The zero-order valence-corrected chi connectivity index (χ0v) is 12.6. The number of fused-ring (bicyclic) bond motifs is 1. The van der Waals surface area contributed by atoms with Gasteiger partial charge in [0, 0.05) is 23.9 Å². The Kier molecular flexibility index (Phi) is 3.41. The summed E-state index contributed by atoms with van der Waals surface area (Å²) < 4.78 is 25.0. The molecule has 1 aliphatic heterocycles. The lowest BCUT2D eigenvalue weighted by Crippen LogP contribution is -2.26. The molecule has 4 rings (SSSR count). The topological polar surface area (TPSA) is 34.4 Å². The number of nitrogens with one attached hydrogen (secondary N) is 1. The van der Waals surface area contributed by atoms with Crippen molar-refractivity contribution in [1.82, 2.24) is 5.32 Å². The van der Waals surface area contributed by atoms with E-state index in [2.05, 4.69) is 18.3 Å². The van der Waals surface area contributed by atoms with Gasteiger partial charge >= 0.3 is 0 Å². The first-order valence-corrected chi connectivity index (χ1v) is 7.95. The van der Waals surface area contributed by atoms with E-state index in [1.165, 1.54) is 12.5 Å². The average Bonchev–Trinajstić information content (AvgIpc) is 3.07. The molecule has 3 nitrogen and oxygen atoms in total. The van der Waals surface area contributed by atoms with Gasteiger partial charge in [-0.3, -0.25) is 0 Å². The van der Waals surface area contributed by atoms with Crippen LogP contribution in [0.4, 0.5) is 4.39 Å². The molecular weight excluding hydrogens is 281 g/mol. The zero-order valence-electron chi connectivity index (χ0n) is 12.6. The maximum atomic E-state index is 13.5. The first kappa shape index (κ1) is 13.8. The van der Waals surface area contributed by atoms with Crippen molar-refractivity contribution in [2.75, 3.05) is 6.61 Å². The third kappa shape index (κ3) is 2.63. The predicted molar refractivity (Wildman–Crippen MR) is 81.3 cm³/mol. The van der Waals surface area contributed by atoms with Crippen molar-refractivity contribution in [3.05, 3.63) is 53.2 Å². The first-order valence-electron chi connectivity index (χ1n) is 7.95. The number of hydrogen-bond donors (Lipinski definition) is 1. The largest absolute Gasteiger partial charge is 0.493 e. The molecule has 3 atom stereocenters. The molecule has 2 heterocycles. The second-order valence-electron chi connectivity index (χ2n) is 6.38. The summed E-state index contributed by atoms with van der Waals surface area (Å²) in [7, 11) is 0. The standard InChI is InChI=1S/C18H20FNO2/c1-11-8-14(11)18-5-3-13(22-18)10-20-16-6-7-21-17-4-2-12(19)9-15(16)17/h2-5,9,11,14,16,20H,6-8,10H2,1H3. The van der Waals surface area contributed by atoms with E-state index in [9.17, 15) is 4.39 Å². The van der Waals surface area contributed by atoms with Crippen LogP contribution in [0.25, 0.3) is 0 Å². The van der Waals surface area contributed by atoms with Gasteiger partial charge in [0.25, 0.3) is 0 Å². The minimum absolute atomic E-state index is 0.104. The van der Waals surface area contributed by atoms with E-state index in [4.69, 9.17) is 9.15 Å². The average molecular weight is 301 g/mol. The first-order chi connectivity index (χ1) is 10.7. The Morgan fingerprint density at radius 2 is 2.14 bits per heavy atom. The van der Waals surface area contributed by atoms with E-state index in [1.54, 1.807) is 12.1 Å². The van der Waals surface area contributed by atoms with Crippen LogP contribution in [0.1, 0.15) is 48.8 Å². The summed E-state index contributed by atoms with van der Waals surface area (Å²) in [6.07, 6.45) is 2.07. The monoisotopic (exact) mass is 301 g/mol. The van der Waals surface area contributed by atoms with Crippen LogP contribution >= 0.6 is 0 Å². The highest BCUT2D eigenvalue weighted by Crippen LogP contribution is 2.47. The summed E-state index contributed by atoms with van der Waals surface area (Å²) in [5, 5.41) is 3.46. The maximum Gasteiger partial charge on any atom is 0.124 e. The Morgan fingerprint density at radius 3 is 2.95 bits per heavy atom. The molecule has 116 valence electrons. The van der Waals surface area contributed by atoms with Crippen molar-refractivity contribution in [1.29, 1.82) is 0 Å². The second kappa shape index (κ2) is 5.43. The lowest BCUT2D eigenvalue weighted by molar-refractivity contribution is 0.249. The van der Waals surface area contributed by atoms with E-state index in [0.717, 1.165) is 35.2 Å². The fraction of sp³-hybridized carbons (Fsp3) is 0.444. The lowest BCUT2D eigenvalue weighted by Gasteiger charge is -2.26. The van der Waals surface area contributed by atoms with E-state index < -0.39 is 0 Å². The molecule has 0 radical (unpaired) electrons. The normalized spacial score (nSPS) is 26.4. The van der Waals surface area contributed by atoms with E-state index in [-0.39, 0.29) is 11.9 Å². The smallest absolute Gasteiger partial charge is 0.124 e. The predicted octanol–water partition coefficient (Wildman–Crippen LogP) is 4.16. The van der Waals surface area contributed by atoms with Crippen LogP contribution in [0.3, 0.4) is 0 Å². The molecular formula is C18H20FNO2. The Morgan fingerprint density at radius 1 is 1.27 bits per heavy atom. The van der Waals surface area contributed by atoms with Crippen LogP contribution in [0.5, 0.6) is 5.75 Å². The van der Waals surface area contributed by atoms with Gasteiger partial charge in [-0.25, -0.2) is 4.39 Å². The second-order valence-corrected chi connectivity index (χ2v) is 6.38. The Balaban J connectivity index is 1.44. The van der Waals surface area contributed by atoms with Crippen molar-refractivity contribution in [2.24, 2.45) is 5.92 Å². The quantitative estimate of drug-likeness (QED) is 0.921. The van der Waals surface area contributed by atoms with E-state index in [0.29, 0.717) is 19.1 Å². The Bertz CT molecular complexity index is 681. The van der Waals surface area contributed by atoms with E-state index in [1.807, 2.05) is 6.07 Å². The number of halogens is 1. The number of ether oxygens (including phenoxy) is 1. The van der Waals surface area contributed by atoms with Crippen molar-refractivity contribution in [2.45, 2.75) is 38.3 Å². The van der Waals surface area contributed by atoms with Gasteiger partial charge in [-0.15, -0.1) is 0 Å². The molecule has 1 saturated carbocycles. The van der Waals surface area contributed by atoms with Crippen molar-refractivity contribution < 1.29 is 13.5 Å².